The molecule has 0 radical (unpaired) electrons. The van der Waals surface area contributed by atoms with Crippen LogP contribution in [0.5, 0.6) is 0 Å². The number of esters is 1. The fourth-order valence-corrected chi connectivity index (χ4v) is 4.79. The van der Waals surface area contributed by atoms with Crippen LogP contribution in [-0.2, 0) is 43.3 Å². The van der Waals surface area contributed by atoms with Gasteiger partial charge in [-0.2, -0.15) is 0 Å². The second kappa shape index (κ2) is 17.7. The average Bonchev–Trinajstić information content (AvgIpc) is 3.01. The molecule has 0 unspecified atom stereocenters. The summed E-state index contributed by atoms with van der Waals surface area (Å²) in [4.78, 5) is 53.4. The highest BCUT2D eigenvalue weighted by Gasteiger charge is 2.31. The molecule has 9 nitrogen and oxygen atoms in total. The highest BCUT2D eigenvalue weighted by molar-refractivity contribution is 5.93. The quantitative estimate of drug-likeness (QED) is 0.191. The van der Waals surface area contributed by atoms with Crippen LogP contribution in [-0.4, -0.2) is 47.6 Å². The summed E-state index contributed by atoms with van der Waals surface area (Å²) in [7, 11) is 0. The lowest BCUT2D eigenvalue weighted by atomic mass is 10.00. The van der Waals surface area contributed by atoms with E-state index in [-0.39, 0.29) is 25.4 Å². The summed E-state index contributed by atoms with van der Waals surface area (Å²) < 4.78 is 11.0. The molecule has 0 aliphatic rings. The SMILES string of the molecule is CC(C)C[C@@H](NC(=O)[C@@H](CCc1ccccc1)NC(=O)OC(C)(C)C)C(=O)N[C@@H](Cc1ccccc1)C(=O)OCc1ccccc1. The number of hydrogen-bond acceptors (Lipinski definition) is 6. The van der Waals surface area contributed by atoms with E-state index in [4.69, 9.17) is 9.47 Å². The molecule has 0 aromatic heterocycles. The maximum atomic E-state index is 13.8. The summed E-state index contributed by atoms with van der Waals surface area (Å²) >= 11 is 0. The topological polar surface area (TPSA) is 123 Å². The molecule has 3 aromatic rings. The molecule has 246 valence electrons. The van der Waals surface area contributed by atoms with E-state index < -0.39 is 47.6 Å². The lowest BCUT2D eigenvalue weighted by Crippen LogP contribution is -2.56. The summed E-state index contributed by atoms with van der Waals surface area (Å²) in [6, 6.07) is 25.3. The molecule has 0 heterocycles. The third kappa shape index (κ3) is 13.1. The van der Waals surface area contributed by atoms with E-state index in [1.165, 1.54) is 0 Å². The smallest absolute Gasteiger partial charge is 0.408 e. The van der Waals surface area contributed by atoms with Gasteiger partial charge in [-0.1, -0.05) is 105 Å². The van der Waals surface area contributed by atoms with Crippen molar-refractivity contribution in [3.63, 3.8) is 0 Å². The van der Waals surface area contributed by atoms with Gasteiger partial charge >= 0.3 is 12.1 Å². The van der Waals surface area contributed by atoms with Crippen LogP contribution in [0.1, 0.15) is 64.2 Å². The normalized spacial score (nSPS) is 13.2. The Morgan fingerprint density at radius 2 is 1.15 bits per heavy atom. The first-order valence-corrected chi connectivity index (χ1v) is 15.8. The Balaban J connectivity index is 1.77. The third-order valence-corrected chi connectivity index (χ3v) is 7.02. The molecule has 0 saturated heterocycles. The van der Waals surface area contributed by atoms with E-state index in [9.17, 15) is 19.2 Å². The summed E-state index contributed by atoms with van der Waals surface area (Å²) in [6.07, 6.45) is 0.597. The molecule has 0 saturated carbocycles. The minimum atomic E-state index is -0.987. The van der Waals surface area contributed by atoms with Crippen LogP contribution < -0.4 is 16.0 Å². The molecule has 0 spiro atoms. The molecular weight excluding hydrogens is 582 g/mol. The lowest BCUT2D eigenvalue weighted by Gasteiger charge is -2.27. The van der Waals surface area contributed by atoms with Gasteiger partial charge in [-0.15, -0.1) is 0 Å². The van der Waals surface area contributed by atoms with Crippen LogP contribution in [0.3, 0.4) is 0 Å². The van der Waals surface area contributed by atoms with Gasteiger partial charge in [0, 0.05) is 6.42 Å². The minimum absolute atomic E-state index is 0.0373. The standard InChI is InChI=1S/C37H47N3O6/c1-26(2)23-31(38-33(41)30(40-36(44)46-37(3,4)5)22-21-27-15-9-6-10-16-27)34(42)39-32(24-28-17-11-7-12-18-28)35(43)45-25-29-19-13-8-14-20-29/h6-20,26,30-32H,21-25H2,1-5H3,(H,38,41)(H,39,42)(H,40,44)/t30-,31-,32+/m1/s1. The van der Waals surface area contributed by atoms with Crippen molar-refractivity contribution in [1.82, 2.24) is 16.0 Å². The molecule has 3 N–H and O–H groups in total. The van der Waals surface area contributed by atoms with E-state index in [0.717, 1.165) is 16.7 Å². The fraction of sp³-hybridized carbons (Fsp3) is 0.405. The number of alkyl carbamates (subject to hydrolysis) is 1. The van der Waals surface area contributed by atoms with Crippen LogP contribution in [0.25, 0.3) is 0 Å². The molecule has 46 heavy (non-hydrogen) atoms. The first-order valence-electron chi connectivity index (χ1n) is 15.8. The Bertz CT molecular complexity index is 1390. The number of ether oxygens (including phenoxy) is 2. The van der Waals surface area contributed by atoms with Crippen LogP contribution in [0.2, 0.25) is 0 Å². The Labute approximate surface area is 272 Å². The molecular formula is C37H47N3O6. The second-order valence-corrected chi connectivity index (χ2v) is 12.8. The van der Waals surface area contributed by atoms with Crippen LogP contribution in [0.15, 0.2) is 91.0 Å². The molecule has 0 aliphatic carbocycles. The van der Waals surface area contributed by atoms with Crippen LogP contribution >= 0.6 is 0 Å². The summed E-state index contributed by atoms with van der Waals surface area (Å²) in [5, 5.41) is 8.37. The molecule has 9 heteroatoms. The van der Waals surface area contributed by atoms with Crippen molar-refractivity contribution >= 4 is 23.9 Å². The van der Waals surface area contributed by atoms with Gasteiger partial charge < -0.3 is 25.4 Å². The molecule has 0 fully saturated rings. The second-order valence-electron chi connectivity index (χ2n) is 12.8. The zero-order chi connectivity index (χ0) is 33.5. The van der Waals surface area contributed by atoms with Crippen molar-refractivity contribution in [3.8, 4) is 0 Å². The van der Waals surface area contributed by atoms with Gasteiger partial charge in [-0.3, -0.25) is 9.59 Å². The number of nitrogens with one attached hydrogen (secondary N) is 3. The number of hydrogen-bond donors (Lipinski definition) is 3. The Hall–Kier alpha value is -4.66. The van der Waals surface area contributed by atoms with Crippen molar-refractivity contribution < 1.29 is 28.7 Å². The zero-order valence-electron chi connectivity index (χ0n) is 27.5. The van der Waals surface area contributed by atoms with Gasteiger partial charge in [0.05, 0.1) is 0 Å². The Kier molecular flexibility index (Phi) is 13.8. The number of carbonyl (C=O) groups is 4. The lowest BCUT2D eigenvalue weighted by molar-refractivity contribution is -0.149. The first-order chi connectivity index (χ1) is 21.9. The molecule has 3 rings (SSSR count). The van der Waals surface area contributed by atoms with E-state index in [0.29, 0.717) is 12.8 Å². The predicted octanol–water partition coefficient (Wildman–Crippen LogP) is 5.51. The Morgan fingerprint density at radius 1 is 0.652 bits per heavy atom. The number of aryl methyl sites for hydroxylation is 1. The minimum Gasteiger partial charge on any atom is -0.459 e. The van der Waals surface area contributed by atoms with Gasteiger partial charge in [0.1, 0.15) is 30.3 Å². The van der Waals surface area contributed by atoms with E-state index >= 15 is 0 Å². The summed E-state index contributed by atoms with van der Waals surface area (Å²) in [6.45, 7) is 9.16. The van der Waals surface area contributed by atoms with Gasteiger partial charge in [0.15, 0.2) is 0 Å². The third-order valence-electron chi connectivity index (χ3n) is 7.02. The van der Waals surface area contributed by atoms with Crippen molar-refractivity contribution in [3.05, 3.63) is 108 Å². The van der Waals surface area contributed by atoms with Gasteiger partial charge in [0.25, 0.3) is 0 Å². The number of rotatable bonds is 15. The number of amides is 3. The van der Waals surface area contributed by atoms with Crippen molar-refractivity contribution in [1.29, 1.82) is 0 Å². The van der Waals surface area contributed by atoms with E-state index in [1.807, 2.05) is 105 Å². The number of benzene rings is 3. The van der Waals surface area contributed by atoms with Crippen LogP contribution in [0, 0.1) is 5.92 Å². The number of carbonyl (C=O) groups excluding carboxylic acids is 4. The predicted molar refractivity (Wildman–Crippen MR) is 178 cm³/mol. The highest BCUT2D eigenvalue weighted by Crippen LogP contribution is 2.13. The monoisotopic (exact) mass is 629 g/mol. The van der Waals surface area contributed by atoms with Crippen molar-refractivity contribution in [2.45, 2.75) is 90.6 Å². The summed E-state index contributed by atoms with van der Waals surface area (Å²) in [5.41, 5.74) is 1.91. The fourth-order valence-electron chi connectivity index (χ4n) is 4.79. The molecule has 3 atom stereocenters. The highest BCUT2D eigenvalue weighted by atomic mass is 16.6. The van der Waals surface area contributed by atoms with E-state index in [1.54, 1.807) is 20.8 Å². The van der Waals surface area contributed by atoms with Gasteiger partial charge in [-0.05, 0) is 62.6 Å². The van der Waals surface area contributed by atoms with Crippen molar-refractivity contribution in [2.75, 3.05) is 0 Å². The van der Waals surface area contributed by atoms with Gasteiger partial charge in [0.2, 0.25) is 11.8 Å². The summed E-state index contributed by atoms with van der Waals surface area (Å²) in [5.74, 6) is -1.58. The van der Waals surface area contributed by atoms with Crippen LogP contribution in [0.4, 0.5) is 4.79 Å². The largest absolute Gasteiger partial charge is 0.459 e. The molecule has 3 amide bonds. The average molecular weight is 630 g/mol. The molecule has 3 aromatic carbocycles. The maximum absolute atomic E-state index is 13.8. The van der Waals surface area contributed by atoms with E-state index in [2.05, 4.69) is 16.0 Å². The maximum Gasteiger partial charge on any atom is 0.408 e. The Morgan fingerprint density at radius 3 is 1.70 bits per heavy atom. The molecule has 0 bridgehead atoms. The molecule has 0 aliphatic heterocycles. The zero-order valence-corrected chi connectivity index (χ0v) is 27.5. The first kappa shape index (κ1) is 35.8. The van der Waals surface area contributed by atoms with Gasteiger partial charge in [-0.25, -0.2) is 9.59 Å². The van der Waals surface area contributed by atoms with Crippen molar-refractivity contribution in [2.24, 2.45) is 5.92 Å².